The molecule has 0 aliphatic carbocycles. The Balaban J connectivity index is 1.70. The third-order valence-electron chi connectivity index (χ3n) is 3.81. The van der Waals surface area contributed by atoms with Gasteiger partial charge in [-0.1, -0.05) is 24.3 Å². The van der Waals surface area contributed by atoms with Crippen LogP contribution in [0.25, 0.3) is 0 Å². The van der Waals surface area contributed by atoms with Crippen LogP contribution >= 0.6 is 0 Å². The molecular formula is C20H26N2O4. The molecule has 1 aromatic heterocycles. The Morgan fingerprint density at radius 3 is 2.46 bits per heavy atom. The topological polar surface area (TPSA) is 69.7 Å². The number of hydrogen-bond acceptors (Lipinski definition) is 5. The first-order chi connectivity index (χ1) is 12.6. The quantitative estimate of drug-likeness (QED) is 0.662. The number of pyridine rings is 1. The van der Waals surface area contributed by atoms with Gasteiger partial charge in [-0.25, -0.2) is 4.98 Å². The van der Waals surface area contributed by atoms with Crippen molar-refractivity contribution < 1.29 is 19.0 Å². The van der Waals surface area contributed by atoms with Crippen LogP contribution in [0.5, 0.6) is 11.6 Å². The van der Waals surface area contributed by atoms with Gasteiger partial charge in [-0.3, -0.25) is 4.79 Å². The Hall–Kier alpha value is -2.60. The summed E-state index contributed by atoms with van der Waals surface area (Å²) >= 11 is 0. The number of nitrogens with zero attached hydrogens (tertiary/aromatic N) is 1. The third-order valence-corrected chi connectivity index (χ3v) is 3.81. The summed E-state index contributed by atoms with van der Waals surface area (Å²) in [4.78, 5) is 16.2. The maximum Gasteiger partial charge on any atom is 0.223 e. The lowest BCUT2D eigenvalue weighted by atomic mass is 10.1. The molecule has 1 amide bonds. The fraction of sp³-hybridized carbons (Fsp3) is 0.400. The molecule has 0 aliphatic rings. The SMILES string of the molecule is COCCOc1ccc(CNC(=O)CCOc2c(C)cccc2C)cn1. The fourth-order valence-corrected chi connectivity index (χ4v) is 2.39. The number of carbonyl (C=O) groups excluding carboxylic acids is 1. The van der Waals surface area contributed by atoms with Crippen molar-refractivity contribution in [2.24, 2.45) is 0 Å². The van der Waals surface area contributed by atoms with Crippen molar-refractivity contribution in [3.63, 3.8) is 0 Å². The Morgan fingerprint density at radius 2 is 1.81 bits per heavy atom. The molecule has 2 rings (SSSR count). The minimum Gasteiger partial charge on any atom is -0.493 e. The first-order valence-electron chi connectivity index (χ1n) is 8.62. The molecule has 1 heterocycles. The van der Waals surface area contributed by atoms with E-state index in [1.807, 2.05) is 38.1 Å². The Morgan fingerprint density at radius 1 is 1.04 bits per heavy atom. The summed E-state index contributed by atoms with van der Waals surface area (Å²) in [7, 11) is 1.62. The standard InChI is InChI=1S/C20H26N2O4/c1-15-5-4-6-16(2)20(15)26-10-9-18(23)21-13-17-7-8-19(22-14-17)25-12-11-24-3/h4-8,14H,9-13H2,1-3H3,(H,21,23). The van der Waals surface area contributed by atoms with E-state index in [0.29, 0.717) is 38.7 Å². The Kier molecular flexibility index (Phi) is 7.89. The van der Waals surface area contributed by atoms with Crippen LogP contribution in [0, 0.1) is 13.8 Å². The van der Waals surface area contributed by atoms with Gasteiger partial charge in [-0.05, 0) is 30.5 Å². The highest BCUT2D eigenvalue weighted by atomic mass is 16.5. The number of aromatic nitrogens is 1. The van der Waals surface area contributed by atoms with E-state index in [1.165, 1.54) is 0 Å². The normalized spacial score (nSPS) is 10.4. The number of ether oxygens (including phenoxy) is 3. The first-order valence-corrected chi connectivity index (χ1v) is 8.62. The van der Waals surface area contributed by atoms with Crippen molar-refractivity contribution in [3.05, 3.63) is 53.2 Å². The average Bonchev–Trinajstić information content (AvgIpc) is 2.64. The molecule has 6 nitrogen and oxygen atoms in total. The monoisotopic (exact) mass is 358 g/mol. The lowest BCUT2D eigenvalue weighted by Gasteiger charge is -2.12. The van der Waals surface area contributed by atoms with Crippen molar-refractivity contribution in [1.82, 2.24) is 10.3 Å². The number of carbonyl (C=O) groups is 1. The summed E-state index contributed by atoms with van der Waals surface area (Å²) in [5.74, 6) is 1.34. The number of aryl methyl sites for hydroxylation is 2. The van der Waals surface area contributed by atoms with Gasteiger partial charge in [0.1, 0.15) is 12.4 Å². The van der Waals surface area contributed by atoms with E-state index >= 15 is 0 Å². The maximum absolute atomic E-state index is 12.0. The molecule has 0 unspecified atom stereocenters. The van der Waals surface area contributed by atoms with Crippen molar-refractivity contribution in [3.8, 4) is 11.6 Å². The molecule has 0 radical (unpaired) electrons. The maximum atomic E-state index is 12.0. The zero-order valence-electron chi connectivity index (χ0n) is 15.6. The van der Waals surface area contributed by atoms with Gasteiger partial charge in [0, 0.05) is 25.9 Å². The Labute approximate surface area is 154 Å². The number of rotatable bonds is 10. The fourth-order valence-electron chi connectivity index (χ4n) is 2.39. The van der Waals surface area contributed by atoms with Gasteiger partial charge in [-0.2, -0.15) is 0 Å². The zero-order chi connectivity index (χ0) is 18.8. The van der Waals surface area contributed by atoms with E-state index in [2.05, 4.69) is 10.3 Å². The lowest BCUT2D eigenvalue weighted by Crippen LogP contribution is -2.24. The van der Waals surface area contributed by atoms with Gasteiger partial charge in [0.15, 0.2) is 0 Å². The molecule has 140 valence electrons. The molecule has 0 spiro atoms. The highest BCUT2D eigenvalue weighted by molar-refractivity contribution is 5.76. The van der Waals surface area contributed by atoms with Crippen LogP contribution < -0.4 is 14.8 Å². The molecule has 6 heteroatoms. The molecule has 0 aliphatic heterocycles. The number of para-hydroxylation sites is 1. The summed E-state index contributed by atoms with van der Waals surface area (Å²) in [6.07, 6.45) is 2.00. The van der Waals surface area contributed by atoms with E-state index in [0.717, 1.165) is 22.4 Å². The van der Waals surface area contributed by atoms with E-state index in [-0.39, 0.29) is 5.91 Å². The van der Waals surface area contributed by atoms with Crippen molar-refractivity contribution in [1.29, 1.82) is 0 Å². The second-order valence-electron chi connectivity index (χ2n) is 5.94. The molecule has 0 saturated carbocycles. The summed E-state index contributed by atoms with van der Waals surface area (Å²) in [5.41, 5.74) is 3.06. The van der Waals surface area contributed by atoms with Gasteiger partial charge in [0.05, 0.1) is 19.6 Å². The Bertz CT molecular complexity index is 681. The molecule has 0 fully saturated rings. The molecule has 1 N–H and O–H groups in total. The molecule has 2 aromatic rings. The van der Waals surface area contributed by atoms with Crippen LogP contribution in [0.4, 0.5) is 0 Å². The molecular weight excluding hydrogens is 332 g/mol. The molecule has 0 atom stereocenters. The number of hydrogen-bond donors (Lipinski definition) is 1. The van der Waals surface area contributed by atoms with E-state index in [4.69, 9.17) is 14.2 Å². The van der Waals surface area contributed by atoms with Crippen molar-refractivity contribution >= 4 is 5.91 Å². The van der Waals surface area contributed by atoms with E-state index in [9.17, 15) is 4.79 Å². The molecule has 0 saturated heterocycles. The number of methoxy groups -OCH3 is 1. The smallest absolute Gasteiger partial charge is 0.223 e. The van der Waals surface area contributed by atoms with Crippen LogP contribution in [0.2, 0.25) is 0 Å². The van der Waals surface area contributed by atoms with Gasteiger partial charge in [0.2, 0.25) is 11.8 Å². The van der Waals surface area contributed by atoms with Gasteiger partial charge in [0.25, 0.3) is 0 Å². The largest absolute Gasteiger partial charge is 0.493 e. The third kappa shape index (κ3) is 6.37. The van der Waals surface area contributed by atoms with E-state index < -0.39 is 0 Å². The molecule has 26 heavy (non-hydrogen) atoms. The van der Waals surface area contributed by atoms with Crippen LogP contribution in [-0.2, 0) is 16.1 Å². The zero-order valence-corrected chi connectivity index (χ0v) is 15.6. The summed E-state index contributed by atoms with van der Waals surface area (Å²) in [6.45, 7) is 5.75. The predicted molar refractivity (Wildman–Crippen MR) is 99.5 cm³/mol. The minimum absolute atomic E-state index is 0.0586. The predicted octanol–water partition coefficient (Wildman–Crippen LogP) is 2.81. The van der Waals surface area contributed by atoms with Crippen molar-refractivity contribution in [2.45, 2.75) is 26.8 Å². The second kappa shape index (κ2) is 10.4. The lowest BCUT2D eigenvalue weighted by molar-refractivity contribution is -0.121. The first kappa shape index (κ1) is 19.7. The second-order valence-corrected chi connectivity index (χ2v) is 5.94. The average molecular weight is 358 g/mol. The van der Waals surface area contributed by atoms with Gasteiger partial charge < -0.3 is 19.5 Å². The molecule has 0 bridgehead atoms. The highest BCUT2D eigenvalue weighted by Gasteiger charge is 2.06. The summed E-state index contributed by atoms with van der Waals surface area (Å²) < 4.78 is 16.1. The van der Waals surface area contributed by atoms with Crippen molar-refractivity contribution in [2.75, 3.05) is 26.9 Å². The summed E-state index contributed by atoms with van der Waals surface area (Å²) in [5, 5.41) is 2.87. The van der Waals surface area contributed by atoms with Crippen LogP contribution in [-0.4, -0.2) is 37.8 Å². The number of amides is 1. The van der Waals surface area contributed by atoms with Gasteiger partial charge in [-0.15, -0.1) is 0 Å². The van der Waals surface area contributed by atoms with Crippen LogP contribution in [0.3, 0.4) is 0 Å². The minimum atomic E-state index is -0.0586. The van der Waals surface area contributed by atoms with Crippen LogP contribution in [0.15, 0.2) is 36.5 Å². The van der Waals surface area contributed by atoms with Crippen LogP contribution in [0.1, 0.15) is 23.1 Å². The number of benzene rings is 1. The van der Waals surface area contributed by atoms with E-state index in [1.54, 1.807) is 19.4 Å². The molecule has 1 aromatic carbocycles. The highest BCUT2D eigenvalue weighted by Crippen LogP contribution is 2.22. The van der Waals surface area contributed by atoms with Gasteiger partial charge >= 0.3 is 0 Å². The number of nitrogens with one attached hydrogen (secondary N) is 1. The summed E-state index contributed by atoms with van der Waals surface area (Å²) in [6, 6.07) is 9.64.